The van der Waals surface area contributed by atoms with Gasteiger partial charge in [-0.15, -0.1) is 0 Å². The minimum Gasteiger partial charge on any atom is -0.310 e. The van der Waals surface area contributed by atoms with Crippen LogP contribution in [0.2, 0.25) is 0 Å². The molecule has 76 heavy (non-hydrogen) atoms. The lowest BCUT2D eigenvalue weighted by Gasteiger charge is -2.49. The van der Waals surface area contributed by atoms with E-state index in [4.69, 9.17) is 0 Å². The normalized spacial score (nSPS) is 14.7. The molecule has 2 nitrogen and oxygen atoms in total. The van der Waals surface area contributed by atoms with Crippen molar-refractivity contribution in [3.63, 3.8) is 0 Å². The van der Waals surface area contributed by atoms with Gasteiger partial charge in [0, 0.05) is 34.1 Å². The molecule has 15 rings (SSSR count). The molecule has 0 amide bonds. The number of fused-ring (bicyclic) bond motifs is 16. The van der Waals surface area contributed by atoms with Crippen molar-refractivity contribution in [1.82, 2.24) is 0 Å². The summed E-state index contributed by atoms with van der Waals surface area (Å²) in [5, 5.41) is 0. The van der Waals surface area contributed by atoms with E-state index in [1.165, 1.54) is 89.0 Å². The highest BCUT2D eigenvalue weighted by Crippen LogP contribution is 2.68. The lowest BCUT2D eigenvalue weighted by Crippen LogP contribution is -2.43. The van der Waals surface area contributed by atoms with Gasteiger partial charge in [0.15, 0.2) is 0 Å². The van der Waals surface area contributed by atoms with E-state index >= 15 is 0 Å². The van der Waals surface area contributed by atoms with Gasteiger partial charge < -0.3 is 9.80 Å². The maximum Gasteiger partial charge on any atom is 0.0720 e. The first kappa shape index (κ1) is 43.8. The average Bonchev–Trinajstić information content (AvgIpc) is 4.11. The molecule has 12 aromatic rings. The van der Waals surface area contributed by atoms with Crippen molar-refractivity contribution in [3.8, 4) is 44.5 Å². The highest BCUT2D eigenvalue weighted by molar-refractivity contribution is 5.96. The summed E-state index contributed by atoms with van der Waals surface area (Å²) in [6, 6.07) is 113. The van der Waals surface area contributed by atoms with E-state index in [1.807, 2.05) is 0 Å². The molecule has 0 fully saturated rings. The van der Waals surface area contributed by atoms with Gasteiger partial charge in [0.25, 0.3) is 0 Å². The summed E-state index contributed by atoms with van der Waals surface area (Å²) in [6.07, 6.45) is 0. The van der Waals surface area contributed by atoms with E-state index in [-0.39, 0.29) is 0 Å². The van der Waals surface area contributed by atoms with Gasteiger partial charge in [-0.05, 0) is 162 Å². The zero-order valence-electron chi connectivity index (χ0n) is 41.8. The van der Waals surface area contributed by atoms with Crippen molar-refractivity contribution in [2.75, 3.05) is 9.80 Å². The van der Waals surface area contributed by atoms with Gasteiger partial charge in [-0.3, -0.25) is 0 Å². The van der Waals surface area contributed by atoms with Crippen molar-refractivity contribution >= 4 is 34.1 Å². The van der Waals surface area contributed by atoms with E-state index in [0.29, 0.717) is 0 Å². The Morgan fingerprint density at radius 2 is 0.487 bits per heavy atom. The van der Waals surface area contributed by atoms with Crippen LogP contribution < -0.4 is 9.80 Å². The third kappa shape index (κ3) is 6.41. The predicted molar refractivity (Wildman–Crippen MR) is 315 cm³/mol. The number of hydrogen-bond donors (Lipinski definition) is 0. The predicted octanol–water partition coefficient (Wildman–Crippen LogP) is 19.0. The van der Waals surface area contributed by atoms with Crippen LogP contribution in [0.25, 0.3) is 44.5 Å². The number of para-hydroxylation sites is 2. The fourth-order valence-electron chi connectivity index (χ4n) is 13.5. The van der Waals surface area contributed by atoms with Crippen molar-refractivity contribution < 1.29 is 0 Å². The molecule has 3 aliphatic rings. The summed E-state index contributed by atoms with van der Waals surface area (Å²) < 4.78 is 0. The van der Waals surface area contributed by atoms with Crippen LogP contribution in [0.15, 0.2) is 303 Å². The van der Waals surface area contributed by atoms with Crippen LogP contribution in [0.3, 0.4) is 0 Å². The molecule has 0 radical (unpaired) electrons. The third-order valence-electron chi connectivity index (χ3n) is 16.5. The van der Waals surface area contributed by atoms with Crippen LogP contribution in [0.1, 0.15) is 44.5 Å². The van der Waals surface area contributed by atoms with E-state index in [0.717, 1.165) is 34.1 Å². The first-order valence-electron chi connectivity index (χ1n) is 26.4. The van der Waals surface area contributed by atoms with Crippen LogP contribution in [0.5, 0.6) is 0 Å². The molecule has 12 aromatic carbocycles. The van der Waals surface area contributed by atoms with Crippen LogP contribution in [0.4, 0.5) is 34.1 Å². The Balaban J connectivity index is 1.01. The maximum atomic E-state index is 2.56. The van der Waals surface area contributed by atoms with Crippen molar-refractivity contribution in [1.29, 1.82) is 0 Å². The van der Waals surface area contributed by atoms with Gasteiger partial charge >= 0.3 is 0 Å². The second-order valence-corrected chi connectivity index (χ2v) is 20.3. The van der Waals surface area contributed by atoms with Crippen LogP contribution in [-0.4, -0.2) is 0 Å². The van der Waals surface area contributed by atoms with Crippen molar-refractivity contribution in [3.05, 3.63) is 348 Å². The second-order valence-electron chi connectivity index (χ2n) is 20.3. The number of nitrogens with zero attached hydrogens (tertiary/aromatic N) is 2. The zero-order valence-corrected chi connectivity index (χ0v) is 41.8. The summed E-state index contributed by atoms with van der Waals surface area (Å²) in [5.41, 5.74) is 25.5. The van der Waals surface area contributed by atoms with E-state index in [9.17, 15) is 0 Å². The summed E-state index contributed by atoms with van der Waals surface area (Å²) in [4.78, 5) is 4.86. The Hall–Kier alpha value is -9.76. The largest absolute Gasteiger partial charge is 0.310 e. The lowest BCUT2D eigenvalue weighted by atomic mass is 9.52. The van der Waals surface area contributed by atoms with E-state index < -0.39 is 10.8 Å². The molecule has 0 N–H and O–H groups in total. The Labute approximate surface area is 444 Å². The molecule has 1 atom stereocenters. The molecule has 2 spiro atoms. The molecule has 3 aliphatic carbocycles. The summed E-state index contributed by atoms with van der Waals surface area (Å²) in [7, 11) is 0. The van der Waals surface area contributed by atoms with Gasteiger partial charge in [-0.25, -0.2) is 0 Å². The van der Waals surface area contributed by atoms with Gasteiger partial charge in [0.05, 0.1) is 10.8 Å². The van der Waals surface area contributed by atoms with Crippen LogP contribution >= 0.6 is 0 Å². The molecular formula is C74H50N2. The highest BCUT2D eigenvalue weighted by atomic mass is 15.1. The fourth-order valence-corrected chi connectivity index (χ4v) is 13.5. The highest BCUT2D eigenvalue weighted by Gasteiger charge is 2.59. The molecule has 0 saturated carbocycles. The summed E-state index contributed by atoms with van der Waals surface area (Å²) >= 11 is 0. The number of benzene rings is 12. The summed E-state index contributed by atoms with van der Waals surface area (Å²) in [5.74, 6) is 0. The van der Waals surface area contributed by atoms with Crippen molar-refractivity contribution in [2.24, 2.45) is 0 Å². The first-order valence-corrected chi connectivity index (χ1v) is 26.4. The molecule has 2 heteroatoms. The smallest absolute Gasteiger partial charge is 0.0720 e. The topological polar surface area (TPSA) is 6.48 Å². The molecule has 0 aliphatic heterocycles. The minimum atomic E-state index is -0.700. The Bertz CT molecular complexity index is 4120. The van der Waals surface area contributed by atoms with Gasteiger partial charge in [0.2, 0.25) is 0 Å². The van der Waals surface area contributed by atoms with Crippen molar-refractivity contribution in [2.45, 2.75) is 10.8 Å². The number of rotatable bonds is 8. The quantitative estimate of drug-likeness (QED) is 0.150. The zero-order chi connectivity index (χ0) is 50.2. The van der Waals surface area contributed by atoms with Gasteiger partial charge in [-0.2, -0.15) is 0 Å². The van der Waals surface area contributed by atoms with Gasteiger partial charge in [0.1, 0.15) is 0 Å². The third-order valence-corrected chi connectivity index (χ3v) is 16.5. The molecular weight excluding hydrogens is 917 g/mol. The summed E-state index contributed by atoms with van der Waals surface area (Å²) in [6.45, 7) is 0. The lowest BCUT2D eigenvalue weighted by molar-refractivity contribution is 0.633. The molecule has 0 saturated heterocycles. The maximum absolute atomic E-state index is 2.56. The molecule has 356 valence electrons. The molecule has 0 aromatic heterocycles. The number of hydrogen-bond acceptors (Lipinski definition) is 2. The van der Waals surface area contributed by atoms with Gasteiger partial charge in [-0.1, -0.05) is 231 Å². The SMILES string of the molecule is c1ccc(-c2ccc(N(c3ccccc3)c3ccc4c(c3)C3(c5ccccc5-c5cc(N(c6ccccc6)c6cccc(-c7ccccc7)c6)ccc53)c3ccccc3C43c4ccccc4-c4ccccc43)cc2)cc1. The van der Waals surface area contributed by atoms with Crippen LogP contribution in [0, 0.1) is 0 Å². The fraction of sp³-hybridized carbons (Fsp3) is 0.0270. The molecule has 0 bridgehead atoms. The standard InChI is InChI=1S/C74H50N2/c1-5-22-51(23-6-1)53-40-42-57(43-41-53)75(55-27-9-3-10-28-55)60-45-47-71-72(50-60)74(70-39-20-19-38-69(70)73(71)65-35-16-13-32-61(65)62-33-14-17-36-66(62)73)67-37-18-15-34-63(67)64-49-59(44-46-68(64)74)76(56-29-11-4-12-30-56)58-31-21-26-54(48-58)52-24-7-2-8-25-52/h1-50H. The Morgan fingerprint density at radius 1 is 0.171 bits per heavy atom. The van der Waals surface area contributed by atoms with Crippen LogP contribution in [-0.2, 0) is 10.8 Å². The average molecular weight is 967 g/mol. The number of anilines is 6. The first-order chi connectivity index (χ1) is 37.7. The molecule has 1 unspecified atom stereocenters. The Kier molecular flexibility index (Phi) is 10.0. The molecule has 0 heterocycles. The second kappa shape index (κ2) is 17.4. The Morgan fingerprint density at radius 3 is 1.04 bits per heavy atom. The van der Waals surface area contributed by atoms with E-state index in [1.54, 1.807) is 0 Å². The monoisotopic (exact) mass is 966 g/mol. The van der Waals surface area contributed by atoms with E-state index in [2.05, 4.69) is 313 Å². The minimum absolute atomic E-state index is 0.594.